The molecule has 2 N–H and O–H groups in total. The van der Waals surface area contributed by atoms with Crippen LogP contribution in [0, 0.1) is 10.1 Å². The molecule has 0 unspecified atom stereocenters. The Labute approximate surface area is 90.4 Å². The van der Waals surface area contributed by atoms with E-state index in [0.29, 0.717) is 5.02 Å². The van der Waals surface area contributed by atoms with Gasteiger partial charge in [0.05, 0.1) is 4.92 Å². The first-order valence-corrected chi connectivity index (χ1v) is 4.35. The van der Waals surface area contributed by atoms with E-state index in [1.54, 1.807) is 0 Å². The van der Waals surface area contributed by atoms with Crippen LogP contribution in [0.3, 0.4) is 0 Å². The van der Waals surface area contributed by atoms with Gasteiger partial charge in [0.1, 0.15) is 5.69 Å². The fourth-order valence-corrected chi connectivity index (χ4v) is 1.12. The first-order chi connectivity index (χ1) is 7.04. The van der Waals surface area contributed by atoms with Gasteiger partial charge in [0, 0.05) is 18.1 Å². The Kier molecular flexibility index (Phi) is 3.46. The van der Waals surface area contributed by atoms with Gasteiger partial charge < -0.3 is 10.6 Å². The molecule has 0 atom stereocenters. The first kappa shape index (κ1) is 11.3. The van der Waals surface area contributed by atoms with Crippen LogP contribution in [0.1, 0.15) is 0 Å². The van der Waals surface area contributed by atoms with E-state index in [2.05, 4.69) is 10.6 Å². The molecule has 1 aromatic carbocycles. The molecule has 0 aliphatic carbocycles. The van der Waals surface area contributed by atoms with Gasteiger partial charge in [0.2, 0.25) is 0 Å². The van der Waals surface area contributed by atoms with Crippen molar-refractivity contribution in [2.24, 2.45) is 0 Å². The van der Waals surface area contributed by atoms with Gasteiger partial charge in [-0.15, -0.1) is 0 Å². The van der Waals surface area contributed by atoms with Gasteiger partial charge >= 0.3 is 6.03 Å². The number of rotatable bonds is 2. The highest BCUT2D eigenvalue weighted by molar-refractivity contribution is 6.31. The quantitative estimate of drug-likeness (QED) is 0.601. The Hall–Kier alpha value is -1.82. The van der Waals surface area contributed by atoms with Crippen LogP contribution in [0.2, 0.25) is 5.02 Å². The average molecular weight is 230 g/mol. The second-order valence-electron chi connectivity index (χ2n) is 2.62. The monoisotopic (exact) mass is 229 g/mol. The summed E-state index contributed by atoms with van der Waals surface area (Å²) in [6.45, 7) is 0. The van der Waals surface area contributed by atoms with Crippen LogP contribution in [0.5, 0.6) is 0 Å². The predicted octanol–water partition coefficient (Wildman–Crippen LogP) is 2.00. The summed E-state index contributed by atoms with van der Waals surface area (Å²) in [4.78, 5) is 21.0. The van der Waals surface area contributed by atoms with E-state index >= 15 is 0 Å². The number of hydrogen-bond acceptors (Lipinski definition) is 3. The van der Waals surface area contributed by atoms with Crippen LogP contribution in [0.4, 0.5) is 16.2 Å². The molecular weight excluding hydrogens is 222 g/mol. The van der Waals surface area contributed by atoms with E-state index < -0.39 is 11.0 Å². The standard InChI is InChI=1S/C8H8ClN3O3/c1-10-8(13)11-6-4-5(9)2-3-7(6)12(14)15/h2-4H,1H3,(H2,10,11,13). The number of halogens is 1. The van der Waals surface area contributed by atoms with Crippen LogP contribution in [-0.2, 0) is 0 Å². The first-order valence-electron chi connectivity index (χ1n) is 3.97. The minimum Gasteiger partial charge on any atom is -0.341 e. The maximum atomic E-state index is 11.0. The third kappa shape index (κ3) is 2.81. The Bertz CT molecular complexity index is 408. The molecule has 0 spiro atoms. The minimum absolute atomic E-state index is 0.0619. The molecule has 0 aliphatic rings. The van der Waals surface area contributed by atoms with Crippen molar-refractivity contribution >= 4 is 29.0 Å². The lowest BCUT2D eigenvalue weighted by molar-refractivity contribution is -0.383. The number of urea groups is 1. The van der Waals surface area contributed by atoms with Crippen LogP contribution in [0.15, 0.2) is 18.2 Å². The molecule has 1 aromatic rings. The van der Waals surface area contributed by atoms with Crippen molar-refractivity contribution in [1.82, 2.24) is 5.32 Å². The third-order valence-corrected chi connectivity index (χ3v) is 1.87. The highest BCUT2D eigenvalue weighted by Crippen LogP contribution is 2.27. The molecule has 0 bridgehead atoms. The zero-order valence-electron chi connectivity index (χ0n) is 7.78. The Balaban J connectivity index is 3.07. The molecule has 0 radical (unpaired) electrons. The number of carbonyl (C=O) groups excluding carboxylic acids is 1. The van der Waals surface area contributed by atoms with Gasteiger partial charge in [-0.2, -0.15) is 0 Å². The van der Waals surface area contributed by atoms with Gasteiger partial charge in [0.15, 0.2) is 0 Å². The molecule has 0 saturated heterocycles. The predicted molar refractivity (Wildman–Crippen MR) is 56.2 cm³/mol. The number of amides is 2. The van der Waals surface area contributed by atoms with Crippen molar-refractivity contribution in [2.75, 3.05) is 12.4 Å². The lowest BCUT2D eigenvalue weighted by Gasteiger charge is -2.05. The molecule has 15 heavy (non-hydrogen) atoms. The third-order valence-electron chi connectivity index (χ3n) is 1.63. The highest BCUT2D eigenvalue weighted by atomic mass is 35.5. The average Bonchev–Trinajstić information content (AvgIpc) is 2.17. The maximum Gasteiger partial charge on any atom is 0.319 e. The van der Waals surface area contributed by atoms with Crippen LogP contribution in [0.25, 0.3) is 0 Å². The van der Waals surface area contributed by atoms with E-state index in [1.165, 1.54) is 25.2 Å². The van der Waals surface area contributed by atoms with Gasteiger partial charge in [0.25, 0.3) is 5.69 Å². The SMILES string of the molecule is CNC(=O)Nc1cc(Cl)ccc1[N+](=O)[O-]. The molecule has 2 amide bonds. The van der Waals surface area contributed by atoms with Gasteiger partial charge in [-0.05, 0) is 12.1 Å². The summed E-state index contributed by atoms with van der Waals surface area (Å²) in [6, 6.07) is 3.39. The summed E-state index contributed by atoms with van der Waals surface area (Å²) in [5, 5.41) is 15.5. The summed E-state index contributed by atoms with van der Waals surface area (Å²) >= 11 is 5.65. The molecule has 0 saturated carbocycles. The Morgan fingerprint density at radius 3 is 2.73 bits per heavy atom. The number of nitrogens with zero attached hydrogens (tertiary/aromatic N) is 1. The molecule has 7 heteroatoms. The number of nitro groups is 1. The second-order valence-corrected chi connectivity index (χ2v) is 3.06. The van der Waals surface area contributed by atoms with Crippen molar-refractivity contribution in [2.45, 2.75) is 0 Å². The smallest absolute Gasteiger partial charge is 0.319 e. The fourth-order valence-electron chi connectivity index (χ4n) is 0.952. The van der Waals surface area contributed by atoms with Crippen molar-refractivity contribution in [3.05, 3.63) is 33.3 Å². The molecule has 1 rings (SSSR count). The number of carbonyl (C=O) groups is 1. The van der Waals surface area contributed by atoms with Crippen molar-refractivity contribution < 1.29 is 9.72 Å². The second kappa shape index (κ2) is 4.61. The molecule has 0 aliphatic heterocycles. The van der Waals surface area contributed by atoms with Crippen LogP contribution >= 0.6 is 11.6 Å². The van der Waals surface area contributed by atoms with E-state index in [0.717, 1.165) is 0 Å². The zero-order valence-corrected chi connectivity index (χ0v) is 8.54. The largest absolute Gasteiger partial charge is 0.341 e. The summed E-state index contributed by atoms with van der Waals surface area (Å²) < 4.78 is 0. The Morgan fingerprint density at radius 2 is 2.20 bits per heavy atom. The molecule has 0 aromatic heterocycles. The molecular formula is C8H8ClN3O3. The highest BCUT2D eigenvalue weighted by Gasteiger charge is 2.15. The molecule has 6 nitrogen and oxygen atoms in total. The Morgan fingerprint density at radius 1 is 1.53 bits per heavy atom. The fraction of sp³-hybridized carbons (Fsp3) is 0.125. The number of anilines is 1. The van der Waals surface area contributed by atoms with E-state index in [1.807, 2.05) is 0 Å². The van der Waals surface area contributed by atoms with Crippen molar-refractivity contribution in [1.29, 1.82) is 0 Å². The number of benzene rings is 1. The maximum absolute atomic E-state index is 11.0. The topological polar surface area (TPSA) is 84.3 Å². The zero-order chi connectivity index (χ0) is 11.4. The van der Waals surface area contributed by atoms with E-state index in [4.69, 9.17) is 11.6 Å². The lowest BCUT2D eigenvalue weighted by Crippen LogP contribution is -2.24. The summed E-state index contributed by atoms with van der Waals surface area (Å²) in [5.41, 5.74) is -0.144. The number of hydrogen-bond donors (Lipinski definition) is 2. The minimum atomic E-state index is -0.596. The van der Waals surface area contributed by atoms with Crippen LogP contribution < -0.4 is 10.6 Å². The van der Waals surface area contributed by atoms with Gasteiger partial charge in [-0.3, -0.25) is 10.1 Å². The summed E-state index contributed by atoms with van der Waals surface area (Å²) in [5.74, 6) is 0. The number of nitrogens with one attached hydrogen (secondary N) is 2. The lowest BCUT2D eigenvalue weighted by atomic mass is 10.2. The van der Waals surface area contributed by atoms with E-state index in [-0.39, 0.29) is 11.4 Å². The van der Waals surface area contributed by atoms with Crippen molar-refractivity contribution in [3.63, 3.8) is 0 Å². The van der Waals surface area contributed by atoms with Crippen LogP contribution in [-0.4, -0.2) is 18.0 Å². The number of nitro benzene ring substituents is 1. The summed E-state index contributed by atoms with van der Waals surface area (Å²) in [7, 11) is 1.41. The molecule has 80 valence electrons. The van der Waals surface area contributed by atoms with E-state index in [9.17, 15) is 14.9 Å². The molecule has 0 fully saturated rings. The normalized spacial score (nSPS) is 9.47. The van der Waals surface area contributed by atoms with Gasteiger partial charge in [-0.1, -0.05) is 11.6 Å². The molecule has 0 heterocycles. The summed E-state index contributed by atoms with van der Waals surface area (Å²) in [6.07, 6.45) is 0. The van der Waals surface area contributed by atoms with Crippen molar-refractivity contribution in [3.8, 4) is 0 Å². The van der Waals surface area contributed by atoms with Gasteiger partial charge in [-0.25, -0.2) is 4.79 Å².